The Kier molecular flexibility index (Phi) is 6.41. The highest BCUT2D eigenvalue weighted by atomic mass is 35.5. The average Bonchev–Trinajstić information content (AvgIpc) is 3.17. The zero-order chi connectivity index (χ0) is 22.1. The van der Waals surface area contributed by atoms with Gasteiger partial charge in [-0.1, -0.05) is 62.7 Å². The number of imide groups is 1. The molecule has 1 unspecified atom stereocenters. The lowest BCUT2D eigenvalue weighted by molar-refractivity contribution is -0.132. The number of hydrogen-bond acceptors (Lipinski definition) is 4. The van der Waals surface area contributed by atoms with Gasteiger partial charge in [-0.15, -0.1) is 17.9 Å². The van der Waals surface area contributed by atoms with E-state index in [1.807, 2.05) is 41.3 Å². The molecule has 0 radical (unpaired) electrons. The zero-order valence-corrected chi connectivity index (χ0v) is 19.4. The van der Waals surface area contributed by atoms with Crippen LogP contribution in [-0.4, -0.2) is 35.0 Å². The molecule has 1 aliphatic rings. The summed E-state index contributed by atoms with van der Waals surface area (Å²) in [7, 11) is 0. The molecule has 1 saturated heterocycles. The second kappa shape index (κ2) is 8.53. The normalized spacial score (nSPS) is 19.5. The molecule has 1 aliphatic heterocycles. The summed E-state index contributed by atoms with van der Waals surface area (Å²) in [6.45, 7) is 13.3. The number of rotatable bonds is 7. The first-order chi connectivity index (χ1) is 14.0. The van der Waals surface area contributed by atoms with Crippen LogP contribution in [0.4, 0.5) is 4.79 Å². The van der Waals surface area contributed by atoms with Crippen molar-refractivity contribution in [3.8, 4) is 0 Å². The first kappa shape index (κ1) is 22.5. The van der Waals surface area contributed by atoms with Crippen LogP contribution in [0.2, 0.25) is 4.34 Å². The Bertz CT molecular complexity index is 948. The van der Waals surface area contributed by atoms with Gasteiger partial charge in [0, 0.05) is 18.0 Å². The highest BCUT2D eigenvalue weighted by Gasteiger charge is 2.49. The Morgan fingerprint density at radius 1 is 1.20 bits per heavy atom. The number of carbonyl (C=O) groups is 2. The van der Waals surface area contributed by atoms with Gasteiger partial charge in [-0.3, -0.25) is 9.69 Å². The number of benzene rings is 1. The van der Waals surface area contributed by atoms with E-state index in [1.165, 1.54) is 21.8 Å². The molecule has 3 rings (SSSR count). The number of nitrogens with zero attached hydrogens (tertiary/aromatic N) is 2. The number of nitrogens with one attached hydrogen (secondary N) is 1. The van der Waals surface area contributed by atoms with Crippen molar-refractivity contribution in [1.82, 2.24) is 15.1 Å². The van der Waals surface area contributed by atoms with Crippen LogP contribution in [0.25, 0.3) is 0 Å². The predicted molar refractivity (Wildman–Crippen MR) is 123 cm³/mol. The van der Waals surface area contributed by atoms with Gasteiger partial charge in [0.1, 0.15) is 5.54 Å². The first-order valence-electron chi connectivity index (χ1n) is 9.87. The van der Waals surface area contributed by atoms with Gasteiger partial charge in [0.15, 0.2) is 0 Å². The molecule has 5 nitrogen and oxygen atoms in total. The molecular weight excluding hydrogens is 418 g/mol. The van der Waals surface area contributed by atoms with Gasteiger partial charge in [0.05, 0.1) is 11.0 Å². The predicted octanol–water partition coefficient (Wildman–Crippen LogP) is 5.11. The lowest BCUT2D eigenvalue weighted by Crippen LogP contribution is -2.43. The molecule has 3 amide bonds. The number of amides is 3. The summed E-state index contributed by atoms with van der Waals surface area (Å²) in [6.07, 6.45) is 1.76. The molecule has 30 heavy (non-hydrogen) atoms. The third kappa shape index (κ3) is 4.61. The Morgan fingerprint density at radius 2 is 1.87 bits per heavy atom. The molecule has 0 spiro atoms. The molecule has 160 valence electrons. The van der Waals surface area contributed by atoms with E-state index in [2.05, 4.69) is 32.7 Å². The fraction of sp³-hybridized carbons (Fsp3) is 0.391. The Balaban J connectivity index is 1.79. The summed E-state index contributed by atoms with van der Waals surface area (Å²) in [5.41, 5.74) is 0.885. The van der Waals surface area contributed by atoms with Gasteiger partial charge in [0.25, 0.3) is 5.91 Å². The van der Waals surface area contributed by atoms with Crippen molar-refractivity contribution >= 4 is 34.9 Å². The molecule has 2 heterocycles. The molecule has 0 saturated carbocycles. The quantitative estimate of drug-likeness (QED) is 0.475. The molecule has 1 aromatic heterocycles. The van der Waals surface area contributed by atoms with E-state index in [4.69, 9.17) is 11.6 Å². The Labute approximate surface area is 187 Å². The van der Waals surface area contributed by atoms with E-state index >= 15 is 0 Å². The molecule has 2 aromatic rings. The summed E-state index contributed by atoms with van der Waals surface area (Å²) in [4.78, 5) is 30.3. The minimum atomic E-state index is -1.08. The summed E-state index contributed by atoms with van der Waals surface area (Å²) < 4.78 is 0.713. The fourth-order valence-electron chi connectivity index (χ4n) is 3.54. The first-order valence-corrected chi connectivity index (χ1v) is 11.1. The number of hydrogen-bond donors (Lipinski definition) is 1. The van der Waals surface area contributed by atoms with E-state index in [0.717, 1.165) is 10.4 Å². The van der Waals surface area contributed by atoms with Crippen LogP contribution in [0.3, 0.4) is 0 Å². The van der Waals surface area contributed by atoms with Crippen molar-refractivity contribution in [3.05, 3.63) is 69.4 Å². The van der Waals surface area contributed by atoms with Crippen molar-refractivity contribution in [1.29, 1.82) is 0 Å². The van der Waals surface area contributed by atoms with Gasteiger partial charge in [-0.2, -0.15) is 0 Å². The van der Waals surface area contributed by atoms with Crippen LogP contribution in [0.1, 0.15) is 43.7 Å². The van der Waals surface area contributed by atoms with Gasteiger partial charge in [-0.05, 0) is 35.6 Å². The van der Waals surface area contributed by atoms with E-state index in [-0.39, 0.29) is 24.0 Å². The Hall–Kier alpha value is -2.15. The van der Waals surface area contributed by atoms with Gasteiger partial charge in [-0.25, -0.2) is 9.69 Å². The van der Waals surface area contributed by atoms with Crippen LogP contribution in [0, 0.1) is 0 Å². The van der Waals surface area contributed by atoms with Crippen molar-refractivity contribution < 1.29 is 9.59 Å². The average molecular weight is 446 g/mol. The topological polar surface area (TPSA) is 52.6 Å². The Morgan fingerprint density at radius 3 is 2.40 bits per heavy atom. The summed E-state index contributed by atoms with van der Waals surface area (Å²) >= 11 is 7.52. The van der Waals surface area contributed by atoms with Crippen LogP contribution in [0.5, 0.6) is 0 Å². The van der Waals surface area contributed by atoms with E-state index in [0.29, 0.717) is 17.4 Å². The summed E-state index contributed by atoms with van der Waals surface area (Å²) in [5, 5.41) is 2.89. The van der Waals surface area contributed by atoms with Crippen molar-refractivity contribution in [2.75, 3.05) is 13.2 Å². The largest absolute Gasteiger partial charge is 0.326 e. The number of carbonyl (C=O) groups excluding carboxylic acids is 2. The zero-order valence-electron chi connectivity index (χ0n) is 17.9. The minimum absolute atomic E-state index is 0.0181. The second-order valence-corrected chi connectivity index (χ2v) is 10.6. The van der Waals surface area contributed by atoms with Crippen molar-refractivity contribution in [2.24, 2.45) is 0 Å². The highest BCUT2D eigenvalue weighted by molar-refractivity contribution is 7.16. The summed E-state index contributed by atoms with van der Waals surface area (Å²) in [6, 6.07) is 11.3. The lowest BCUT2D eigenvalue weighted by Gasteiger charge is -2.27. The number of halogens is 1. The third-order valence-corrected chi connectivity index (χ3v) is 6.56. The van der Waals surface area contributed by atoms with E-state index < -0.39 is 5.54 Å². The lowest BCUT2D eigenvalue weighted by atomic mass is 9.84. The molecule has 1 fully saturated rings. The minimum Gasteiger partial charge on any atom is -0.319 e. The maximum atomic E-state index is 13.3. The molecule has 1 atom stereocenters. The van der Waals surface area contributed by atoms with Gasteiger partial charge >= 0.3 is 6.03 Å². The van der Waals surface area contributed by atoms with Crippen LogP contribution in [0.15, 0.2) is 49.1 Å². The maximum Gasteiger partial charge on any atom is 0.326 e. The highest BCUT2D eigenvalue weighted by Crippen LogP contribution is 2.31. The standard InChI is InChI=1S/C23H28ClN3O2S/c1-6-13-26(14-18-11-12-19(24)30-18)15-27-20(28)23(5,25-21(27)29)17-9-7-16(8-10-17)22(2,3)4/h6-12H,1,13-15H2,2-5H3,(H,25,29). The molecule has 7 heteroatoms. The maximum absolute atomic E-state index is 13.3. The van der Waals surface area contributed by atoms with Gasteiger partial charge < -0.3 is 5.32 Å². The van der Waals surface area contributed by atoms with Crippen molar-refractivity contribution in [2.45, 2.75) is 45.2 Å². The number of thiophene rings is 1. The van der Waals surface area contributed by atoms with Crippen LogP contribution >= 0.6 is 22.9 Å². The summed E-state index contributed by atoms with van der Waals surface area (Å²) in [5.74, 6) is -0.255. The molecule has 1 aromatic carbocycles. The fourth-order valence-corrected chi connectivity index (χ4v) is 4.67. The number of urea groups is 1. The van der Waals surface area contributed by atoms with Crippen LogP contribution in [-0.2, 0) is 22.3 Å². The van der Waals surface area contributed by atoms with Crippen LogP contribution < -0.4 is 5.32 Å². The SMILES string of the molecule is C=CCN(Cc1ccc(Cl)s1)CN1C(=O)NC(C)(c2ccc(C(C)(C)C)cc2)C1=O. The third-order valence-electron chi connectivity index (χ3n) is 5.34. The monoisotopic (exact) mass is 445 g/mol. The molecule has 0 aliphatic carbocycles. The second-order valence-electron chi connectivity index (χ2n) is 8.76. The molecule has 0 bridgehead atoms. The van der Waals surface area contributed by atoms with Crippen molar-refractivity contribution in [3.63, 3.8) is 0 Å². The van der Waals surface area contributed by atoms with E-state index in [9.17, 15) is 9.59 Å². The molecule has 1 N–H and O–H groups in total. The van der Waals surface area contributed by atoms with E-state index in [1.54, 1.807) is 13.0 Å². The smallest absolute Gasteiger partial charge is 0.319 e. The molecular formula is C23H28ClN3O2S. The van der Waals surface area contributed by atoms with Gasteiger partial charge in [0.2, 0.25) is 0 Å².